The lowest BCUT2D eigenvalue weighted by atomic mass is 9.37. The van der Waals surface area contributed by atoms with Gasteiger partial charge in [0.15, 0.2) is 0 Å². The molecular weight excluding hydrogens is 432 g/mol. The predicted octanol–water partition coefficient (Wildman–Crippen LogP) is 4.95. The van der Waals surface area contributed by atoms with Crippen LogP contribution in [0, 0.1) is 16.7 Å². The van der Waals surface area contributed by atoms with Gasteiger partial charge >= 0.3 is 5.97 Å². The fourth-order valence-electron chi connectivity index (χ4n) is 7.11. The predicted molar refractivity (Wildman–Crippen MR) is 132 cm³/mol. The molecule has 4 aliphatic rings. The van der Waals surface area contributed by atoms with Crippen molar-refractivity contribution in [2.75, 3.05) is 13.2 Å². The van der Waals surface area contributed by atoms with Gasteiger partial charge in [0, 0.05) is 16.4 Å². The topological polar surface area (TPSA) is 85.2 Å². The molecule has 6 heteroatoms. The molecule has 0 heterocycles. The Kier molecular flexibility index (Phi) is 6.74. The van der Waals surface area contributed by atoms with Crippen LogP contribution >= 0.6 is 0 Å². The molecule has 2 N–H and O–H groups in total. The first-order valence-corrected chi connectivity index (χ1v) is 12.8. The first-order valence-electron chi connectivity index (χ1n) is 12.8. The summed E-state index contributed by atoms with van der Waals surface area (Å²) in [5.74, 6) is 0.0434. The molecule has 0 radical (unpaired) electrons. The van der Waals surface area contributed by atoms with Crippen molar-refractivity contribution >= 4 is 5.97 Å². The number of esters is 1. The lowest BCUT2D eigenvalue weighted by molar-refractivity contribution is -0.303. The molecule has 6 nitrogen and oxygen atoms in total. The number of hydrogen-bond acceptors (Lipinski definition) is 6. The van der Waals surface area contributed by atoms with E-state index in [1.807, 2.05) is 0 Å². The molecule has 0 aromatic heterocycles. The summed E-state index contributed by atoms with van der Waals surface area (Å²) in [5.41, 5.74) is -3.60. The van der Waals surface area contributed by atoms with Gasteiger partial charge < -0.3 is 24.4 Å². The van der Waals surface area contributed by atoms with Gasteiger partial charge in [-0.25, -0.2) is 4.79 Å². The average molecular weight is 481 g/mol. The molecule has 4 fully saturated rings. The van der Waals surface area contributed by atoms with Gasteiger partial charge in [0.2, 0.25) is 0 Å². The molecule has 4 aliphatic carbocycles. The molecule has 0 aliphatic heterocycles. The quantitative estimate of drug-likeness (QED) is 0.340. The summed E-state index contributed by atoms with van der Waals surface area (Å²) in [4.78, 5) is 12.8. The van der Waals surface area contributed by atoms with Crippen LogP contribution in [0.5, 0.6) is 0 Å². The molecule has 4 saturated carbocycles. The summed E-state index contributed by atoms with van der Waals surface area (Å²) in [6.07, 6.45) is 5.21. The van der Waals surface area contributed by atoms with Crippen LogP contribution in [-0.2, 0) is 19.0 Å². The highest BCUT2D eigenvalue weighted by atomic mass is 16.6. The van der Waals surface area contributed by atoms with E-state index in [9.17, 15) is 15.0 Å². The number of carbonyl (C=O) groups excluding carboxylic acids is 1. The van der Waals surface area contributed by atoms with Crippen molar-refractivity contribution in [1.29, 1.82) is 0 Å². The van der Waals surface area contributed by atoms with E-state index in [4.69, 9.17) is 14.2 Å². The number of ether oxygens (including phenoxy) is 3. The average Bonchev–Trinajstić information content (AvgIpc) is 2.62. The highest BCUT2D eigenvalue weighted by molar-refractivity contribution is 5.87. The van der Waals surface area contributed by atoms with Crippen LogP contribution in [0.25, 0.3) is 0 Å². The number of aliphatic hydroxyl groups is 2. The van der Waals surface area contributed by atoms with Crippen LogP contribution < -0.4 is 0 Å². The highest BCUT2D eigenvalue weighted by Gasteiger charge is 2.72. The molecule has 0 spiro atoms. The highest BCUT2D eigenvalue weighted by Crippen LogP contribution is 2.73. The lowest BCUT2D eigenvalue weighted by Crippen LogP contribution is -2.71. The van der Waals surface area contributed by atoms with Crippen molar-refractivity contribution in [3.8, 4) is 0 Å². The Bertz CT molecular complexity index is 766. The van der Waals surface area contributed by atoms with Gasteiger partial charge in [0.25, 0.3) is 0 Å². The van der Waals surface area contributed by atoms with Gasteiger partial charge in [-0.15, -0.1) is 0 Å². The second-order valence-electron chi connectivity index (χ2n) is 14.1. The number of carbonyl (C=O) groups is 1. The van der Waals surface area contributed by atoms with Crippen LogP contribution in [0.15, 0.2) is 12.2 Å². The second kappa shape index (κ2) is 8.29. The smallest absolute Gasteiger partial charge is 0.333 e. The van der Waals surface area contributed by atoms with Crippen molar-refractivity contribution in [2.45, 2.75) is 129 Å². The third-order valence-corrected chi connectivity index (χ3v) is 8.80. The van der Waals surface area contributed by atoms with Gasteiger partial charge in [0.05, 0.1) is 35.6 Å². The van der Waals surface area contributed by atoms with E-state index in [2.05, 4.69) is 34.3 Å². The molecule has 0 aromatic carbocycles. The van der Waals surface area contributed by atoms with E-state index < -0.39 is 28.0 Å². The van der Waals surface area contributed by atoms with Crippen molar-refractivity contribution in [2.24, 2.45) is 16.7 Å². The summed E-state index contributed by atoms with van der Waals surface area (Å²) in [7, 11) is 0. The second-order valence-corrected chi connectivity index (χ2v) is 14.1. The zero-order valence-electron chi connectivity index (χ0n) is 23.0. The van der Waals surface area contributed by atoms with Crippen LogP contribution in [-0.4, -0.2) is 57.4 Å². The molecule has 0 amide bonds. The Balaban J connectivity index is 2.04. The van der Waals surface area contributed by atoms with Gasteiger partial charge in [-0.3, -0.25) is 0 Å². The molecule has 0 aromatic rings. The Morgan fingerprint density at radius 1 is 0.824 bits per heavy atom. The van der Waals surface area contributed by atoms with Crippen molar-refractivity contribution in [3.63, 3.8) is 0 Å². The van der Waals surface area contributed by atoms with Gasteiger partial charge in [0.1, 0.15) is 5.60 Å². The van der Waals surface area contributed by atoms with Gasteiger partial charge in [-0.05, 0) is 107 Å². The summed E-state index contributed by atoms with van der Waals surface area (Å²) >= 11 is 0. The zero-order valence-corrected chi connectivity index (χ0v) is 23.0. The van der Waals surface area contributed by atoms with E-state index in [1.165, 1.54) is 0 Å². The molecule has 4 rings (SSSR count). The SMILES string of the molecule is C=C(C)C(=O)OC12CC3CC(C(C)(C)OCC(C)(C)O)(C1)CC(C(C)(C)OCC(C)(C)O)(C3)C2. The minimum absolute atomic E-state index is 0.233. The van der Waals surface area contributed by atoms with Gasteiger partial charge in [-0.2, -0.15) is 0 Å². The standard InChI is InChI=1S/C28H48O6/c1-19(2)21(29)34-28-13-20-11-26(15-28,24(7,8)32-17-22(3,4)30)14-27(12-20,16-28)25(9,10)33-18-23(5,6)31/h20,30-31H,1,11-18H2,2-10H3. The van der Waals surface area contributed by atoms with Crippen LogP contribution in [0.1, 0.15) is 101 Å². The summed E-state index contributed by atoms with van der Waals surface area (Å²) in [6, 6.07) is 0. The van der Waals surface area contributed by atoms with E-state index in [-0.39, 0.29) is 30.0 Å². The maximum absolute atomic E-state index is 12.8. The summed E-state index contributed by atoms with van der Waals surface area (Å²) in [6.45, 7) is 21.5. The largest absolute Gasteiger partial charge is 0.456 e. The Hall–Kier alpha value is -0.950. The third kappa shape index (κ3) is 5.25. The normalized spacial score (nSPS) is 33.8. The summed E-state index contributed by atoms with van der Waals surface area (Å²) in [5, 5.41) is 20.7. The first-order chi connectivity index (χ1) is 15.1. The zero-order chi connectivity index (χ0) is 26.0. The van der Waals surface area contributed by atoms with Crippen LogP contribution in [0.4, 0.5) is 0 Å². The minimum atomic E-state index is -0.934. The molecule has 2 unspecified atom stereocenters. The van der Waals surface area contributed by atoms with E-state index in [1.54, 1.807) is 34.6 Å². The molecular formula is C28H48O6. The third-order valence-electron chi connectivity index (χ3n) is 8.80. The Morgan fingerprint density at radius 2 is 1.24 bits per heavy atom. The fraction of sp³-hybridized carbons (Fsp3) is 0.893. The van der Waals surface area contributed by atoms with Crippen molar-refractivity contribution in [1.82, 2.24) is 0 Å². The Morgan fingerprint density at radius 3 is 1.59 bits per heavy atom. The Labute approximate surface area is 206 Å². The molecule has 2 atom stereocenters. The molecule has 4 bridgehead atoms. The number of rotatable bonds is 10. The number of hydrogen-bond donors (Lipinski definition) is 2. The maximum atomic E-state index is 12.8. The van der Waals surface area contributed by atoms with Crippen molar-refractivity contribution < 1.29 is 29.2 Å². The van der Waals surface area contributed by atoms with E-state index in [0.717, 1.165) is 38.5 Å². The van der Waals surface area contributed by atoms with Gasteiger partial charge in [-0.1, -0.05) is 6.58 Å². The summed E-state index contributed by atoms with van der Waals surface area (Å²) < 4.78 is 19.2. The van der Waals surface area contributed by atoms with Crippen molar-refractivity contribution in [3.05, 3.63) is 12.2 Å². The first kappa shape index (κ1) is 27.6. The van der Waals surface area contributed by atoms with Crippen LogP contribution in [0.3, 0.4) is 0 Å². The monoisotopic (exact) mass is 480 g/mol. The fourth-order valence-corrected chi connectivity index (χ4v) is 7.11. The minimum Gasteiger partial charge on any atom is -0.456 e. The molecule has 0 saturated heterocycles. The lowest BCUT2D eigenvalue weighted by Gasteiger charge is -2.71. The van der Waals surface area contributed by atoms with E-state index in [0.29, 0.717) is 11.5 Å². The van der Waals surface area contributed by atoms with Crippen LogP contribution in [0.2, 0.25) is 0 Å². The molecule has 34 heavy (non-hydrogen) atoms. The van der Waals surface area contributed by atoms with E-state index >= 15 is 0 Å². The maximum Gasteiger partial charge on any atom is 0.333 e. The molecule has 196 valence electrons.